The third kappa shape index (κ3) is 3.96. The summed E-state index contributed by atoms with van der Waals surface area (Å²) in [6.07, 6.45) is 1.77. The number of hydrogen-bond acceptors (Lipinski definition) is 1. The van der Waals surface area contributed by atoms with Gasteiger partial charge in [-0.1, -0.05) is 6.07 Å². The number of carboxylic acid groups (broad SMARTS) is 1. The number of hydrogen-bond donors (Lipinski definition) is 1. The van der Waals surface area contributed by atoms with Crippen LogP contribution in [0.3, 0.4) is 0 Å². The van der Waals surface area contributed by atoms with Crippen molar-refractivity contribution in [2.45, 2.75) is 19.3 Å². The average molecular weight is 369 g/mol. The monoisotopic (exact) mass is 368 g/mol. The van der Waals surface area contributed by atoms with E-state index in [9.17, 15) is 4.79 Å². The van der Waals surface area contributed by atoms with E-state index >= 15 is 0 Å². The Morgan fingerprint density at radius 2 is 2.21 bits per heavy atom. The van der Waals surface area contributed by atoms with Gasteiger partial charge < -0.3 is 5.11 Å². The zero-order valence-corrected chi connectivity index (χ0v) is 11.2. The molecule has 0 aliphatic rings. The molecule has 76 valence electrons. The minimum Gasteiger partial charge on any atom is -0.481 e. The standard InChI is InChI=1S/C10H10BrIO2/c11-8-5-4-7(6-9(8)12)2-1-3-10(13)14/h4-6H,1-3H2,(H,13,14). The topological polar surface area (TPSA) is 37.3 Å². The summed E-state index contributed by atoms with van der Waals surface area (Å²) in [4.78, 5) is 10.3. The van der Waals surface area contributed by atoms with Gasteiger partial charge in [0.2, 0.25) is 0 Å². The highest BCUT2D eigenvalue weighted by Gasteiger charge is 2.00. The molecule has 0 aliphatic heterocycles. The molecule has 0 aliphatic carbocycles. The van der Waals surface area contributed by atoms with E-state index < -0.39 is 5.97 Å². The fourth-order valence-electron chi connectivity index (χ4n) is 1.14. The minimum atomic E-state index is -0.725. The summed E-state index contributed by atoms with van der Waals surface area (Å²) in [7, 11) is 0. The number of rotatable bonds is 4. The zero-order valence-electron chi connectivity index (χ0n) is 7.46. The molecule has 0 amide bonds. The van der Waals surface area contributed by atoms with Crippen molar-refractivity contribution >= 4 is 44.5 Å². The molecule has 0 saturated carbocycles. The Balaban J connectivity index is 2.51. The molecule has 0 saturated heterocycles. The Labute approximate surface area is 105 Å². The Kier molecular flexibility index (Phi) is 4.88. The van der Waals surface area contributed by atoms with Gasteiger partial charge >= 0.3 is 5.97 Å². The fourth-order valence-corrected chi connectivity index (χ4v) is 1.97. The predicted octanol–water partition coefficient (Wildman–Crippen LogP) is 3.46. The molecule has 1 aromatic rings. The lowest BCUT2D eigenvalue weighted by Gasteiger charge is -2.02. The van der Waals surface area contributed by atoms with Gasteiger partial charge in [-0.25, -0.2) is 0 Å². The van der Waals surface area contributed by atoms with Crippen LogP contribution in [0.2, 0.25) is 0 Å². The van der Waals surface area contributed by atoms with E-state index in [4.69, 9.17) is 5.11 Å². The van der Waals surface area contributed by atoms with Crippen molar-refractivity contribution in [3.63, 3.8) is 0 Å². The van der Waals surface area contributed by atoms with Crippen LogP contribution in [0.1, 0.15) is 18.4 Å². The highest BCUT2D eigenvalue weighted by atomic mass is 127. The highest BCUT2D eigenvalue weighted by Crippen LogP contribution is 2.20. The summed E-state index contributed by atoms with van der Waals surface area (Å²) in [5, 5.41) is 8.48. The van der Waals surface area contributed by atoms with Crippen LogP contribution in [0.15, 0.2) is 22.7 Å². The van der Waals surface area contributed by atoms with Crippen LogP contribution in [0.5, 0.6) is 0 Å². The minimum absolute atomic E-state index is 0.243. The van der Waals surface area contributed by atoms with Crippen LogP contribution in [-0.4, -0.2) is 11.1 Å². The largest absolute Gasteiger partial charge is 0.481 e. The first kappa shape index (κ1) is 12.0. The van der Waals surface area contributed by atoms with Gasteiger partial charge in [0.1, 0.15) is 0 Å². The Morgan fingerprint density at radius 3 is 2.79 bits per heavy atom. The number of carboxylic acids is 1. The lowest BCUT2D eigenvalue weighted by molar-refractivity contribution is -0.137. The van der Waals surface area contributed by atoms with E-state index in [0.29, 0.717) is 6.42 Å². The quantitative estimate of drug-likeness (QED) is 0.826. The van der Waals surface area contributed by atoms with Crippen molar-refractivity contribution in [3.8, 4) is 0 Å². The lowest BCUT2D eigenvalue weighted by Crippen LogP contribution is -1.96. The molecule has 0 heterocycles. The van der Waals surface area contributed by atoms with Crippen molar-refractivity contribution < 1.29 is 9.90 Å². The van der Waals surface area contributed by atoms with E-state index in [2.05, 4.69) is 44.6 Å². The van der Waals surface area contributed by atoms with Gasteiger partial charge in [0.05, 0.1) is 0 Å². The van der Waals surface area contributed by atoms with Crippen LogP contribution >= 0.6 is 38.5 Å². The third-order valence-electron chi connectivity index (χ3n) is 1.84. The molecule has 14 heavy (non-hydrogen) atoms. The summed E-state index contributed by atoms with van der Waals surface area (Å²) in [5.74, 6) is -0.725. The van der Waals surface area contributed by atoms with Crippen LogP contribution < -0.4 is 0 Å². The van der Waals surface area contributed by atoms with Crippen molar-refractivity contribution in [2.24, 2.45) is 0 Å². The van der Waals surface area contributed by atoms with Crippen LogP contribution in [0.4, 0.5) is 0 Å². The fraction of sp³-hybridized carbons (Fsp3) is 0.300. The van der Waals surface area contributed by atoms with Crippen molar-refractivity contribution in [3.05, 3.63) is 31.8 Å². The van der Waals surface area contributed by atoms with Gasteiger partial charge in [-0.05, 0) is 69.1 Å². The second-order valence-corrected chi connectivity index (χ2v) is 5.01. The van der Waals surface area contributed by atoms with Crippen LogP contribution in [0, 0.1) is 3.57 Å². The maximum absolute atomic E-state index is 10.3. The first-order valence-electron chi connectivity index (χ1n) is 4.25. The predicted molar refractivity (Wildman–Crippen MR) is 67.4 cm³/mol. The number of aryl methyl sites for hydroxylation is 1. The number of benzene rings is 1. The maximum atomic E-state index is 10.3. The van der Waals surface area contributed by atoms with E-state index in [1.807, 2.05) is 12.1 Å². The van der Waals surface area contributed by atoms with Crippen LogP contribution in [-0.2, 0) is 11.2 Å². The summed E-state index contributed by atoms with van der Waals surface area (Å²) >= 11 is 5.67. The van der Waals surface area contributed by atoms with Gasteiger partial charge in [-0.3, -0.25) is 4.79 Å². The van der Waals surface area contributed by atoms with Crippen molar-refractivity contribution in [1.82, 2.24) is 0 Å². The van der Waals surface area contributed by atoms with Gasteiger partial charge in [0.15, 0.2) is 0 Å². The molecule has 0 fully saturated rings. The first-order valence-corrected chi connectivity index (χ1v) is 6.12. The Morgan fingerprint density at radius 1 is 1.50 bits per heavy atom. The second kappa shape index (κ2) is 5.70. The van der Waals surface area contributed by atoms with Gasteiger partial charge in [-0.15, -0.1) is 0 Å². The van der Waals surface area contributed by atoms with E-state index in [1.165, 1.54) is 5.56 Å². The maximum Gasteiger partial charge on any atom is 0.303 e. The average Bonchev–Trinajstić information content (AvgIpc) is 2.10. The summed E-state index contributed by atoms with van der Waals surface area (Å²) < 4.78 is 2.25. The van der Waals surface area contributed by atoms with Gasteiger partial charge in [-0.2, -0.15) is 0 Å². The SMILES string of the molecule is O=C(O)CCCc1ccc(Br)c(I)c1. The normalized spacial score (nSPS) is 10.1. The third-order valence-corrected chi connectivity index (χ3v) is 4.17. The highest BCUT2D eigenvalue weighted by molar-refractivity contribution is 14.1. The molecule has 4 heteroatoms. The van der Waals surface area contributed by atoms with E-state index in [0.717, 1.165) is 14.5 Å². The summed E-state index contributed by atoms with van der Waals surface area (Å²) in [5.41, 5.74) is 1.19. The zero-order chi connectivity index (χ0) is 10.6. The molecule has 0 radical (unpaired) electrons. The number of carbonyl (C=O) groups is 1. The number of halogens is 2. The smallest absolute Gasteiger partial charge is 0.303 e. The van der Waals surface area contributed by atoms with E-state index in [-0.39, 0.29) is 6.42 Å². The molecule has 0 unspecified atom stereocenters. The van der Waals surface area contributed by atoms with Gasteiger partial charge in [0.25, 0.3) is 0 Å². The van der Waals surface area contributed by atoms with Crippen molar-refractivity contribution in [2.75, 3.05) is 0 Å². The Hall–Kier alpha value is -0.100. The van der Waals surface area contributed by atoms with Crippen LogP contribution in [0.25, 0.3) is 0 Å². The molecule has 1 aromatic carbocycles. The summed E-state index contributed by atoms with van der Waals surface area (Å²) in [6, 6.07) is 6.10. The molecule has 0 atom stereocenters. The van der Waals surface area contributed by atoms with E-state index in [1.54, 1.807) is 0 Å². The molecular weight excluding hydrogens is 359 g/mol. The molecular formula is C10H10BrIO2. The molecule has 1 rings (SSSR count). The first-order chi connectivity index (χ1) is 6.59. The molecule has 2 nitrogen and oxygen atoms in total. The summed E-state index contributed by atoms with van der Waals surface area (Å²) in [6.45, 7) is 0. The van der Waals surface area contributed by atoms with Crippen molar-refractivity contribution in [1.29, 1.82) is 0 Å². The van der Waals surface area contributed by atoms with Gasteiger partial charge in [0, 0.05) is 14.5 Å². The molecule has 0 spiro atoms. The molecule has 0 aromatic heterocycles. The Bertz CT molecular complexity index is 339. The molecule has 0 bridgehead atoms. The number of aliphatic carboxylic acids is 1. The second-order valence-electron chi connectivity index (χ2n) is 3.00. The lowest BCUT2D eigenvalue weighted by atomic mass is 10.1. The molecule has 1 N–H and O–H groups in total.